The molecule has 2 aliphatic rings. The normalized spacial score (nSPS) is 18.1. The van der Waals surface area contributed by atoms with E-state index >= 15 is 0 Å². The first kappa shape index (κ1) is 20.3. The van der Waals surface area contributed by atoms with Gasteiger partial charge in [-0.05, 0) is 55.3 Å². The van der Waals surface area contributed by atoms with Crippen molar-refractivity contribution in [2.75, 3.05) is 32.5 Å². The summed E-state index contributed by atoms with van der Waals surface area (Å²) >= 11 is 5.25. The Bertz CT molecular complexity index is 911. The molecule has 0 aromatic heterocycles. The molecule has 152 valence electrons. The van der Waals surface area contributed by atoms with Crippen molar-refractivity contribution in [2.45, 2.75) is 17.7 Å². The second-order valence-electron chi connectivity index (χ2n) is 7.28. The van der Waals surface area contributed by atoms with Gasteiger partial charge >= 0.3 is 0 Å². The number of likely N-dealkylation sites (tertiary alicyclic amines) is 1. The second-order valence-corrected chi connectivity index (χ2v) is 9.66. The summed E-state index contributed by atoms with van der Waals surface area (Å²) in [5.74, 6) is 1.71. The molecule has 2 amide bonds. The number of benzene rings is 2. The summed E-state index contributed by atoms with van der Waals surface area (Å²) in [7, 11) is 1.61. The van der Waals surface area contributed by atoms with Gasteiger partial charge in [-0.1, -0.05) is 22.0 Å². The van der Waals surface area contributed by atoms with Crippen LogP contribution in [0.4, 0.5) is 0 Å². The fourth-order valence-electron chi connectivity index (χ4n) is 4.06. The van der Waals surface area contributed by atoms with Gasteiger partial charge in [-0.3, -0.25) is 9.59 Å². The highest BCUT2D eigenvalue weighted by molar-refractivity contribution is 9.10. The molecule has 2 aromatic rings. The highest BCUT2D eigenvalue weighted by Gasteiger charge is 2.47. The first-order valence-corrected chi connectivity index (χ1v) is 11.5. The number of rotatable bonds is 3. The van der Waals surface area contributed by atoms with Crippen LogP contribution in [-0.2, 0) is 0 Å². The van der Waals surface area contributed by atoms with E-state index in [-0.39, 0.29) is 16.7 Å². The Balaban J connectivity index is 1.47. The molecule has 0 saturated carbocycles. The number of nitrogens with zero attached hydrogens (tertiary/aromatic N) is 2. The molecule has 0 atom stereocenters. The van der Waals surface area contributed by atoms with Gasteiger partial charge in [0.15, 0.2) is 0 Å². The summed E-state index contributed by atoms with van der Waals surface area (Å²) in [6, 6.07) is 14.8. The first-order chi connectivity index (χ1) is 14.0. The molecule has 5 nitrogen and oxygen atoms in total. The van der Waals surface area contributed by atoms with Crippen LogP contribution in [0.15, 0.2) is 53.0 Å². The maximum absolute atomic E-state index is 13.2. The number of hydrogen-bond acceptors (Lipinski definition) is 4. The van der Waals surface area contributed by atoms with Crippen LogP contribution < -0.4 is 4.74 Å². The lowest BCUT2D eigenvalue weighted by molar-refractivity contribution is 0.0497. The van der Waals surface area contributed by atoms with Gasteiger partial charge in [0, 0.05) is 41.0 Å². The molecule has 0 unspecified atom stereocenters. The Hall–Kier alpha value is -1.99. The van der Waals surface area contributed by atoms with Crippen molar-refractivity contribution in [3.8, 4) is 5.75 Å². The molecule has 0 bridgehead atoms. The number of hydrogen-bond donors (Lipinski definition) is 0. The topological polar surface area (TPSA) is 49.9 Å². The van der Waals surface area contributed by atoms with E-state index in [0.29, 0.717) is 30.0 Å². The van der Waals surface area contributed by atoms with Crippen molar-refractivity contribution in [1.29, 1.82) is 0 Å². The Kier molecular flexibility index (Phi) is 5.88. The highest BCUT2D eigenvalue weighted by Crippen LogP contribution is 2.44. The summed E-state index contributed by atoms with van der Waals surface area (Å²) in [5, 5.41) is 0. The predicted molar refractivity (Wildman–Crippen MR) is 118 cm³/mol. The SMILES string of the molecule is COc1cccc(C(=O)N2CCSC23CCN(C(=O)c2ccc(Br)cc2)CC3)c1. The average molecular weight is 475 g/mol. The molecule has 7 heteroatoms. The van der Waals surface area contributed by atoms with Crippen LogP contribution in [0.1, 0.15) is 33.6 Å². The van der Waals surface area contributed by atoms with Crippen molar-refractivity contribution >= 4 is 39.5 Å². The van der Waals surface area contributed by atoms with E-state index in [1.54, 1.807) is 13.2 Å². The zero-order valence-electron chi connectivity index (χ0n) is 16.3. The van der Waals surface area contributed by atoms with Crippen LogP contribution in [-0.4, -0.2) is 59.0 Å². The molecule has 2 aromatic carbocycles. The fraction of sp³-hybridized carbons (Fsp3) is 0.364. The lowest BCUT2D eigenvalue weighted by Gasteiger charge is -2.44. The Morgan fingerprint density at radius 3 is 2.41 bits per heavy atom. The van der Waals surface area contributed by atoms with Gasteiger partial charge < -0.3 is 14.5 Å². The maximum Gasteiger partial charge on any atom is 0.255 e. The van der Waals surface area contributed by atoms with Crippen molar-refractivity contribution < 1.29 is 14.3 Å². The molecular weight excluding hydrogens is 452 g/mol. The van der Waals surface area contributed by atoms with E-state index in [9.17, 15) is 9.59 Å². The molecule has 2 fully saturated rings. The van der Waals surface area contributed by atoms with E-state index in [1.807, 2.05) is 64.0 Å². The number of piperidine rings is 1. The first-order valence-electron chi connectivity index (χ1n) is 9.67. The predicted octanol–water partition coefficient (Wildman–Crippen LogP) is 4.28. The van der Waals surface area contributed by atoms with Gasteiger partial charge in [0.05, 0.1) is 12.0 Å². The molecule has 2 saturated heterocycles. The Morgan fingerprint density at radius 1 is 1.00 bits per heavy atom. The van der Waals surface area contributed by atoms with Crippen LogP contribution in [0.5, 0.6) is 5.75 Å². The van der Waals surface area contributed by atoms with E-state index in [0.717, 1.165) is 29.6 Å². The zero-order chi connectivity index (χ0) is 20.4. The van der Waals surface area contributed by atoms with Gasteiger partial charge in [-0.15, -0.1) is 11.8 Å². The summed E-state index contributed by atoms with van der Waals surface area (Å²) in [6.07, 6.45) is 1.57. The van der Waals surface area contributed by atoms with E-state index < -0.39 is 0 Å². The van der Waals surface area contributed by atoms with Crippen molar-refractivity contribution in [3.63, 3.8) is 0 Å². The molecule has 1 spiro atoms. The lowest BCUT2D eigenvalue weighted by Crippen LogP contribution is -2.53. The number of amides is 2. The van der Waals surface area contributed by atoms with Crippen molar-refractivity contribution in [2.24, 2.45) is 0 Å². The number of methoxy groups -OCH3 is 1. The van der Waals surface area contributed by atoms with E-state index in [2.05, 4.69) is 15.9 Å². The van der Waals surface area contributed by atoms with Crippen molar-refractivity contribution in [3.05, 3.63) is 64.1 Å². The minimum Gasteiger partial charge on any atom is -0.497 e. The maximum atomic E-state index is 13.2. The second kappa shape index (κ2) is 8.40. The zero-order valence-corrected chi connectivity index (χ0v) is 18.7. The van der Waals surface area contributed by atoms with Gasteiger partial charge in [0.1, 0.15) is 5.75 Å². The number of ether oxygens (including phenoxy) is 1. The Morgan fingerprint density at radius 2 is 1.72 bits per heavy atom. The molecule has 2 heterocycles. The number of thioether (sulfide) groups is 1. The van der Waals surface area contributed by atoms with Crippen LogP contribution in [0, 0.1) is 0 Å². The minimum atomic E-state index is -0.226. The largest absolute Gasteiger partial charge is 0.497 e. The summed E-state index contributed by atoms with van der Waals surface area (Å²) < 4.78 is 6.23. The molecule has 0 N–H and O–H groups in total. The molecule has 0 radical (unpaired) electrons. The third-order valence-corrected chi connectivity index (χ3v) is 7.74. The smallest absolute Gasteiger partial charge is 0.255 e. The summed E-state index contributed by atoms with van der Waals surface area (Å²) in [4.78, 5) is 29.7. The fourth-order valence-corrected chi connectivity index (χ4v) is 5.78. The van der Waals surface area contributed by atoms with Gasteiger partial charge in [0.25, 0.3) is 11.8 Å². The highest BCUT2D eigenvalue weighted by atomic mass is 79.9. The Labute approximate surface area is 183 Å². The standard InChI is InChI=1S/C22H23BrN2O3S/c1-28-19-4-2-3-17(15-19)21(27)25-13-14-29-22(25)9-11-24(12-10-22)20(26)16-5-7-18(23)8-6-16/h2-8,15H,9-14H2,1H3. The average Bonchev–Trinajstić information content (AvgIpc) is 3.16. The molecule has 0 aliphatic carbocycles. The minimum absolute atomic E-state index is 0.0431. The number of halogens is 1. The van der Waals surface area contributed by atoms with Crippen molar-refractivity contribution in [1.82, 2.24) is 9.80 Å². The number of carbonyl (C=O) groups is 2. The van der Waals surface area contributed by atoms with Crippen LogP contribution >= 0.6 is 27.7 Å². The molecule has 4 rings (SSSR count). The summed E-state index contributed by atoms with van der Waals surface area (Å²) in [6.45, 7) is 2.05. The number of carbonyl (C=O) groups excluding carboxylic acids is 2. The van der Waals surface area contributed by atoms with Gasteiger partial charge in [-0.25, -0.2) is 0 Å². The van der Waals surface area contributed by atoms with Crippen LogP contribution in [0.25, 0.3) is 0 Å². The third kappa shape index (κ3) is 4.03. The van der Waals surface area contributed by atoms with E-state index in [1.165, 1.54) is 0 Å². The molecular formula is C22H23BrN2O3S. The summed E-state index contributed by atoms with van der Waals surface area (Å²) in [5.41, 5.74) is 1.35. The van der Waals surface area contributed by atoms with Gasteiger partial charge in [-0.2, -0.15) is 0 Å². The third-order valence-electron chi connectivity index (χ3n) is 5.66. The quantitative estimate of drug-likeness (QED) is 0.665. The monoisotopic (exact) mass is 474 g/mol. The molecule has 29 heavy (non-hydrogen) atoms. The lowest BCUT2D eigenvalue weighted by atomic mass is 10.00. The molecule has 2 aliphatic heterocycles. The van der Waals surface area contributed by atoms with Gasteiger partial charge in [0.2, 0.25) is 0 Å². The van der Waals surface area contributed by atoms with Crippen LogP contribution in [0.3, 0.4) is 0 Å². The van der Waals surface area contributed by atoms with Crippen LogP contribution in [0.2, 0.25) is 0 Å². The van der Waals surface area contributed by atoms with E-state index in [4.69, 9.17) is 4.74 Å².